The van der Waals surface area contributed by atoms with Gasteiger partial charge in [0, 0.05) is 33.0 Å². The fourth-order valence-electron chi connectivity index (χ4n) is 1.53. The van der Waals surface area contributed by atoms with Gasteiger partial charge in [0.1, 0.15) is 4.90 Å². The van der Waals surface area contributed by atoms with E-state index in [0.29, 0.717) is 18.8 Å². The Balaban J connectivity index is 2.69. The minimum atomic E-state index is -3.54. The molecule has 0 aliphatic carbocycles. The highest BCUT2D eigenvalue weighted by Crippen LogP contribution is 2.20. The quantitative estimate of drug-likeness (QED) is 0.743. The first-order valence-electron chi connectivity index (χ1n) is 6.44. The molecule has 0 fully saturated rings. The smallest absolute Gasteiger partial charge is 0.242 e. The summed E-state index contributed by atoms with van der Waals surface area (Å²) in [7, 11) is -1.91. The average molecular weight is 301 g/mol. The highest BCUT2D eigenvalue weighted by molar-refractivity contribution is 7.89. The molecule has 1 aromatic heterocycles. The highest BCUT2D eigenvalue weighted by Gasteiger charge is 2.22. The third-order valence-corrected chi connectivity index (χ3v) is 4.43. The number of nitrogens with one attached hydrogen (secondary N) is 1. The van der Waals surface area contributed by atoms with E-state index in [2.05, 4.69) is 9.71 Å². The van der Waals surface area contributed by atoms with Gasteiger partial charge in [-0.25, -0.2) is 13.1 Å². The van der Waals surface area contributed by atoms with Gasteiger partial charge >= 0.3 is 0 Å². The predicted octanol–water partition coefficient (Wildman–Crippen LogP) is 0.881. The number of ether oxygens (including phenoxy) is 1. The number of methoxy groups -OCH3 is 1. The van der Waals surface area contributed by atoms with Gasteiger partial charge in [-0.05, 0) is 24.0 Å². The number of hydrogen-bond donors (Lipinski definition) is 2. The molecule has 0 bridgehead atoms. The lowest BCUT2D eigenvalue weighted by molar-refractivity contribution is 0.153. The second-order valence-electron chi connectivity index (χ2n) is 5.42. The molecule has 1 aromatic rings. The van der Waals surface area contributed by atoms with Gasteiger partial charge in [-0.15, -0.1) is 0 Å². The van der Waals surface area contributed by atoms with Crippen LogP contribution in [0.25, 0.3) is 0 Å². The van der Waals surface area contributed by atoms with E-state index in [1.807, 2.05) is 13.8 Å². The molecule has 0 spiro atoms. The molecule has 0 saturated heterocycles. The van der Waals surface area contributed by atoms with E-state index in [-0.39, 0.29) is 16.9 Å². The fourth-order valence-corrected chi connectivity index (χ4v) is 2.72. The second kappa shape index (κ2) is 7.12. The molecule has 0 radical (unpaired) electrons. The van der Waals surface area contributed by atoms with Gasteiger partial charge in [0.2, 0.25) is 10.0 Å². The Labute approximate surface area is 120 Å². The molecule has 114 valence electrons. The molecule has 1 heterocycles. The van der Waals surface area contributed by atoms with Crippen molar-refractivity contribution < 1.29 is 13.2 Å². The molecule has 6 nitrogen and oxygen atoms in total. The molecule has 7 heteroatoms. The van der Waals surface area contributed by atoms with Crippen molar-refractivity contribution in [1.82, 2.24) is 9.71 Å². The maximum atomic E-state index is 12.1. The van der Waals surface area contributed by atoms with Crippen LogP contribution in [0.4, 0.5) is 0 Å². The van der Waals surface area contributed by atoms with E-state index in [1.54, 1.807) is 13.2 Å². The van der Waals surface area contributed by atoms with Crippen LogP contribution in [0.3, 0.4) is 0 Å². The Morgan fingerprint density at radius 2 is 2.10 bits per heavy atom. The first kappa shape index (κ1) is 17.0. The topological polar surface area (TPSA) is 94.3 Å². The first-order chi connectivity index (χ1) is 9.30. The number of rotatable bonds is 8. The van der Waals surface area contributed by atoms with Crippen molar-refractivity contribution in [3.63, 3.8) is 0 Å². The summed E-state index contributed by atoms with van der Waals surface area (Å²) in [5.74, 6) is 0. The third kappa shape index (κ3) is 5.16. The summed E-state index contributed by atoms with van der Waals surface area (Å²) >= 11 is 0. The van der Waals surface area contributed by atoms with Gasteiger partial charge in [-0.2, -0.15) is 0 Å². The van der Waals surface area contributed by atoms with E-state index in [1.165, 1.54) is 12.3 Å². The van der Waals surface area contributed by atoms with Gasteiger partial charge in [-0.1, -0.05) is 13.8 Å². The summed E-state index contributed by atoms with van der Waals surface area (Å²) in [6, 6.07) is 3.13. The zero-order chi connectivity index (χ0) is 15.2. The van der Waals surface area contributed by atoms with Crippen LogP contribution in [-0.2, 0) is 21.3 Å². The first-order valence-corrected chi connectivity index (χ1v) is 7.93. The predicted molar refractivity (Wildman–Crippen MR) is 77.6 cm³/mol. The molecular weight excluding hydrogens is 278 g/mol. The summed E-state index contributed by atoms with van der Waals surface area (Å²) < 4.78 is 31.9. The van der Waals surface area contributed by atoms with Crippen LogP contribution in [0.15, 0.2) is 23.2 Å². The number of nitrogens with zero attached hydrogens (tertiary/aromatic N) is 1. The number of aromatic nitrogens is 1. The third-order valence-electron chi connectivity index (χ3n) is 3.04. The lowest BCUT2D eigenvalue weighted by Crippen LogP contribution is -2.34. The Bertz CT molecular complexity index is 512. The van der Waals surface area contributed by atoms with Crippen molar-refractivity contribution >= 4 is 10.0 Å². The Morgan fingerprint density at radius 3 is 2.60 bits per heavy atom. The minimum Gasteiger partial charge on any atom is -0.385 e. The molecule has 1 rings (SSSR count). The van der Waals surface area contributed by atoms with Crippen molar-refractivity contribution in [2.24, 2.45) is 11.1 Å². The zero-order valence-electron chi connectivity index (χ0n) is 12.2. The van der Waals surface area contributed by atoms with E-state index in [9.17, 15) is 8.42 Å². The van der Waals surface area contributed by atoms with Gasteiger partial charge < -0.3 is 10.5 Å². The van der Waals surface area contributed by atoms with Crippen LogP contribution in [0.2, 0.25) is 0 Å². The largest absolute Gasteiger partial charge is 0.385 e. The average Bonchev–Trinajstić information content (AvgIpc) is 2.43. The van der Waals surface area contributed by atoms with Crippen LogP contribution < -0.4 is 10.5 Å². The number of pyridine rings is 1. The lowest BCUT2D eigenvalue weighted by atomic mass is 9.90. The van der Waals surface area contributed by atoms with Gasteiger partial charge in [0.25, 0.3) is 0 Å². The van der Waals surface area contributed by atoms with E-state index < -0.39 is 10.0 Å². The summed E-state index contributed by atoms with van der Waals surface area (Å²) in [5.41, 5.74) is 5.92. The van der Waals surface area contributed by atoms with Crippen LogP contribution in [0.1, 0.15) is 26.0 Å². The molecule has 0 saturated carbocycles. The maximum absolute atomic E-state index is 12.1. The molecule has 0 atom stereocenters. The summed E-state index contributed by atoms with van der Waals surface area (Å²) in [5, 5.41) is 0. The van der Waals surface area contributed by atoms with Gasteiger partial charge in [0.05, 0.1) is 5.69 Å². The minimum absolute atomic E-state index is 0.150. The summed E-state index contributed by atoms with van der Waals surface area (Å²) in [6.07, 6.45) is 2.10. The number of hydrogen-bond acceptors (Lipinski definition) is 5. The van der Waals surface area contributed by atoms with Crippen molar-refractivity contribution in [2.75, 3.05) is 20.3 Å². The van der Waals surface area contributed by atoms with Crippen molar-refractivity contribution in [1.29, 1.82) is 0 Å². The monoisotopic (exact) mass is 301 g/mol. The van der Waals surface area contributed by atoms with Crippen molar-refractivity contribution in [3.8, 4) is 0 Å². The molecule has 0 aromatic carbocycles. The molecular formula is C13H23N3O3S. The number of sulfonamides is 1. The normalized spacial score (nSPS) is 12.6. The highest BCUT2D eigenvalue weighted by atomic mass is 32.2. The van der Waals surface area contributed by atoms with Gasteiger partial charge in [-0.3, -0.25) is 4.98 Å². The maximum Gasteiger partial charge on any atom is 0.242 e. The molecule has 0 unspecified atom stereocenters. The fraction of sp³-hybridized carbons (Fsp3) is 0.615. The van der Waals surface area contributed by atoms with Gasteiger partial charge in [0.15, 0.2) is 0 Å². The van der Waals surface area contributed by atoms with Crippen LogP contribution in [-0.4, -0.2) is 33.7 Å². The molecule has 20 heavy (non-hydrogen) atoms. The van der Waals surface area contributed by atoms with Crippen molar-refractivity contribution in [3.05, 3.63) is 24.0 Å². The van der Waals surface area contributed by atoms with E-state index >= 15 is 0 Å². The zero-order valence-corrected chi connectivity index (χ0v) is 13.0. The van der Waals surface area contributed by atoms with Crippen LogP contribution >= 0.6 is 0 Å². The molecule has 0 amide bonds. The summed E-state index contributed by atoms with van der Waals surface area (Å²) in [6.45, 7) is 5.21. The summed E-state index contributed by atoms with van der Waals surface area (Å²) in [4.78, 5) is 4.14. The Hall–Kier alpha value is -1.02. The second-order valence-corrected chi connectivity index (χ2v) is 7.19. The van der Waals surface area contributed by atoms with Crippen molar-refractivity contribution in [2.45, 2.75) is 31.7 Å². The standard InChI is InChI=1S/C13H23N3O3S/c1-13(2,6-7-19-3)10-16-20(17,18)12-5-4-11(8-14)15-9-12/h4-5,9,16H,6-8,10,14H2,1-3H3. The Kier molecular flexibility index (Phi) is 6.07. The lowest BCUT2D eigenvalue weighted by Gasteiger charge is -2.24. The number of nitrogens with two attached hydrogens (primary N) is 1. The molecule has 0 aliphatic rings. The SMILES string of the molecule is COCCC(C)(C)CNS(=O)(=O)c1ccc(CN)nc1. The van der Waals surface area contributed by atoms with E-state index in [4.69, 9.17) is 10.5 Å². The molecule has 0 aliphatic heterocycles. The van der Waals surface area contributed by atoms with Crippen LogP contribution in [0, 0.1) is 5.41 Å². The molecule has 3 N–H and O–H groups in total. The Morgan fingerprint density at radius 1 is 1.40 bits per heavy atom. The van der Waals surface area contributed by atoms with E-state index in [0.717, 1.165) is 6.42 Å². The van der Waals surface area contributed by atoms with Crippen LogP contribution in [0.5, 0.6) is 0 Å².